The number of ether oxygens (including phenoxy) is 2. The second-order valence-corrected chi connectivity index (χ2v) is 8.46. The summed E-state index contributed by atoms with van der Waals surface area (Å²) >= 11 is 0. The van der Waals surface area contributed by atoms with Crippen LogP contribution in [0.15, 0.2) is 23.1 Å². The van der Waals surface area contributed by atoms with Gasteiger partial charge in [0.2, 0.25) is 21.8 Å². The Morgan fingerprint density at radius 2 is 1.81 bits per heavy atom. The zero-order valence-electron chi connectivity index (χ0n) is 14.8. The summed E-state index contributed by atoms with van der Waals surface area (Å²) < 4.78 is 38.3. The van der Waals surface area contributed by atoms with Crippen LogP contribution in [0.3, 0.4) is 0 Å². The molecule has 2 aliphatic rings. The van der Waals surface area contributed by atoms with Gasteiger partial charge in [-0.25, -0.2) is 8.42 Å². The van der Waals surface area contributed by atoms with Crippen molar-refractivity contribution in [1.82, 2.24) is 9.62 Å². The van der Waals surface area contributed by atoms with E-state index in [2.05, 4.69) is 5.32 Å². The van der Waals surface area contributed by atoms with Gasteiger partial charge < -0.3 is 20.5 Å². The van der Waals surface area contributed by atoms with E-state index in [1.54, 1.807) is 6.07 Å². The Balaban J connectivity index is 1.66. The summed E-state index contributed by atoms with van der Waals surface area (Å²) in [5.41, 5.74) is 5.01. The van der Waals surface area contributed by atoms with Crippen LogP contribution >= 0.6 is 0 Å². The molecule has 2 aliphatic heterocycles. The Hall–Kier alpha value is -2.33. The third-order valence-corrected chi connectivity index (χ3v) is 6.51. The van der Waals surface area contributed by atoms with Crippen LogP contribution in [0, 0.1) is 5.92 Å². The van der Waals surface area contributed by atoms with E-state index in [4.69, 9.17) is 15.2 Å². The van der Waals surface area contributed by atoms with E-state index in [-0.39, 0.29) is 36.4 Å². The van der Waals surface area contributed by atoms with E-state index in [0.29, 0.717) is 37.6 Å². The van der Waals surface area contributed by atoms with Crippen molar-refractivity contribution in [3.8, 4) is 11.5 Å². The van der Waals surface area contributed by atoms with Crippen molar-refractivity contribution in [2.45, 2.75) is 24.2 Å². The number of amides is 2. The van der Waals surface area contributed by atoms with Gasteiger partial charge in [-0.1, -0.05) is 0 Å². The number of benzene rings is 1. The zero-order valence-corrected chi connectivity index (χ0v) is 15.7. The maximum absolute atomic E-state index is 12.9. The molecule has 0 aromatic heterocycles. The zero-order chi connectivity index (χ0) is 19.4. The molecule has 2 heterocycles. The van der Waals surface area contributed by atoms with Crippen molar-refractivity contribution in [1.29, 1.82) is 0 Å². The molecule has 1 aromatic carbocycles. The first-order chi connectivity index (χ1) is 12.9. The van der Waals surface area contributed by atoms with Gasteiger partial charge in [0, 0.05) is 31.5 Å². The molecule has 1 aromatic rings. The van der Waals surface area contributed by atoms with Gasteiger partial charge in [-0.15, -0.1) is 0 Å². The van der Waals surface area contributed by atoms with Crippen molar-refractivity contribution in [2.24, 2.45) is 11.7 Å². The van der Waals surface area contributed by atoms with Crippen LogP contribution in [0.5, 0.6) is 11.5 Å². The molecule has 0 saturated carbocycles. The number of nitrogens with one attached hydrogen (secondary N) is 1. The van der Waals surface area contributed by atoms with E-state index < -0.39 is 15.9 Å². The summed E-state index contributed by atoms with van der Waals surface area (Å²) in [7, 11) is -3.69. The van der Waals surface area contributed by atoms with Gasteiger partial charge in [-0.05, 0) is 25.0 Å². The standard InChI is InChI=1S/C17H23N3O6S/c18-16(21)11-19-17(22)12-4-6-20(7-5-12)27(23,24)13-2-3-14-15(10-13)26-9-1-8-25-14/h2-3,10,12H,1,4-9,11H2,(H2,18,21)(H,19,22). The maximum atomic E-state index is 12.9. The molecule has 3 N–H and O–H groups in total. The molecule has 1 saturated heterocycles. The Morgan fingerprint density at radius 1 is 1.15 bits per heavy atom. The maximum Gasteiger partial charge on any atom is 0.243 e. The third kappa shape index (κ3) is 4.51. The minimum atomic E-state index is -3.69. The van der Waals surface area contributed by atoms with E-state index >= 15 is 0 Å². The average Bonchev–Trinajstić information content (AvgIpc) is 2.91. The summed E-state index contributed by atoms with van der Waals surface area (Å²) in [5.74, 6) is -0.260. The fourth-order valence-corrected chi connectivity index (χ4v) is 4.62. The van der Waals surface area contributed by atoms with Crippen LogP contribution in [0.2, 0.25) is 0 Å². The Kier molecular flexibility index (Phi) is 5.85. The molecule has 0 radical (unpaired) electrons. The lowest BCUT2D eigenvalue weighted by Gasteiger charge is -2.30. The average molecular weight is 397 g/mol. The van der Waals surface area contributed by atoms with Crippen LogP contribution in [0.1, 0.15) is 19.3 Å². The molecular weight excluding hydrogens is 374 g/mol. The summed E-state index contributed by atoms with van der Waals surface area (Å²) in [6, 6.07) is 4.60. The third-order valence-electron chi connectivity index (χ3n) is 4.62. The molecule has 0 spiro atoms. The topological polar surface area (TPSA) is 128 Å². The lowest BCUT2D eigenvalue weighted by molar-refractivity contribution is -0.128. The lowest BCUT2D eigenvalue weighted by Crippen LogP contribution is -2.44. The summed E-state index contributed by atoms with van der Waals surface area (Å²) in [6.07, 6.45) is 1.50. The van der Waals surface area contributed by atoms with Crippen LogP contribution < -0.4 is 20.5 Å². The number of nitrogens with two attached hydrogens (primary N) is 1. The first-order valence-electron chi connectivity index (χ1n) is 8.84. The van der Waals surface area contributed by atoms with Crippen LogP contribution in [-0.2, 0) is 19.6 Å². The largest absolute Gasteiger partial charge is 0.490 e. The number of carbonyl (C=O) groups is 2. The number of hydrogen-bond donors (Lipinski definition) is 2. The first kappa shape index (κ1) is 19.4. The van der Waals surface area contributed by atoms with E-state index in [9.17, 15) is 18.0 Å². The van der Waals surface area contributed by atoms with Gasteiger partial charge in [-0.3, -0.25) is 9.59 Å². The van der Waals surface area contributed by atoms with E-state index in [1.807, 2.05) is 0 Å². The number of nitrogens with zero attached hydrogens (tertiary/aromatic N) is 1. The van der Waals surface area contributed by atoms with Crippen LogP contribution in [-0.4, -0.2) is 57.4 Å². The lowest BCUT2D eigenvalue weighted by atomic mass is 9.97. The van der Waals surface area contributed by atoms with Crippen molar-refractivity contribution in [2.75, 3.05) is 32.8 Å². The minimum absolute atomic E-state index is 0.142. The Morgan fingerprint density at radius 3 is 2.48 bits per heavy atom. The Bertz CT molecular complexity index is 818. The number of rotatable bonds is 5. The number of carbonyl (C=O) groups excluding carboxylic acids is 2. The predicted octanol–water partition coefficient (Wildman–Crippen LogP) is -0.150. The predicted molar refractivity (Wildman–Crippen MR) is 95.7 cm³/mol. The van der Waals surface area contributed by atoms with Gasteiger partial charge in [0.15, 0.2) is 11.5 Å². The Labute approximate surface area is 157 Å². The van der Waals surface area contributed by atoms with Gasteiger partial charge in [0.05, 0.1) is 24.7 Å². The molecule has 9 nitrogen and oxygen atoms in total. The second-order valence-electron chi connectivity index (χ2n) is 6.52. The van der Waals surface area contributed by atoms with Gasteiger partial charge in [0.25, 0.3) is 0 Å². The highest BCUT2D eigenvalue weighted by Crippen LogP contribution is 2.33. The highest BCUT2D eigenvalue weighted by molar-refractivity contribution is 7.89. The summed E-state index contributed by atoms with van der Waals surface area (Å²) in [6.45, 7) is 1.25. The quantitative estimate of drug-likeness (QED) is 0.711. The number of piperidine rings is 1. The van der Waals surface area contributed by atoms with Crippen molar-refractivity contribution >= 4 is 21.8 Å². The molecule has 27 heavy (non-hydrogen) atoms. The summed E-state index contributed by atoms with van der Waals surface area (Å²) in [5, 5.41) is 2.47. The van der Waals surface area contributed by atoms with Crippen LogP contribution in [0.4, 0.5) is 0 Å². The van der Waals surface area contributed by atoms with Crippen molar-refractivity contribution in [3.63, 3.8) is 0 Å². The van der Waals surface area contributed by atoms with Gasteiger partial charge in [-0.2, -0.15) is 4.31 Å². The molecule has 148 valence electrons. The molecule has 0 bridgehead atoms. The molecule has 2 amide bonds. The number of hydrogen-bond acceptors (Lipinski definition) is 6. The van der Waals surface area contributed by atoms with Crippen molar-refractivity contribution < 1.29 is 27.5 Å². The fourth-order valence-electron chi connectivity index (χ4n) is 3.13. The number of sulfonamides is 1. The normalized spacial score (nSPS) is 18.5. The molecule has 1 fully saturated rings. The van der Waals surface area contributed by atoms with Gasteiger partial charge in [0.1, 0.15) is 0 Å². The molecular formula is C17H23N3O6S. The van der Waals surface area contributed by atoms with E-state index in [0.717, 1.165) is 6.42 Å². The highest BCUT2D eigenvalue weighted by atomic mass is 32.2. The highest BCUT2D eigenvalue weighted by Gasteiger charge is 2.32. The SMILES string of the molecule is NC(=O)CNC(=O)C1CCN(S(=O)(=O)c2ccc3c(c2)OCCCO3)CC1. The smallest absolute Gasteiger partial charge is 0.243 e. The number of primary amides is 1. The molecule has 10 heteroatoms. The van der Waals surface area contributed by atoms with Crippen molar-refractivity contribution in [3.05, 3.63) is 18.2 Å². The number of fused-ring (bicyclic) bond motifs is 1. The molecule has 0 unspecified atom stereocenters. The second kappa shape index (κ2) is 8.13. The summed E-state index contributed by atoms with van der Waals surface area (Å²) in [4.78, 5) is 22.9. The van der Waals surface area contributed by atoms with Crippen LogP contribution in [0.25, 0.3) is 0 Å². The monoisotopic (exact) mass is 397 g/mol. The molecule has 0 aliphatic carbocycles. The molecule has 0 atom stereocenters. The fraction of sp³-hybridized carbons (Fsp3) is 0.529. The minimum Gasteiger partial charge on any atom is -0.490 e. The molecule has 3 rings (SSSR count). The van der Waals surface area contributed by atoms with Gasteiger partial charge >= 0.3 is 0 Å². The first-order valence-corrected chi connectivity index (χ1v) is 10.3. The van der Waals surface area contributed by atoms with E-state index in [1.165, 1.54) is 16.4 Å².